The summed E-state index contributed by atoms with van der Waals surface area (Å²) in [5.74, 6) is 0. The minimum atomic E-state index is 0.590. The number of nitrogens with zero attached hydrogens (tertiary/aromatic N) is 2. The summed E-state index contributed by atoms with van der Waals surface area (Å²) < 4.78 is 0. The van der Waals surface area contributed by atoms with Crippen LogP contribution in [0.1, 0.15) is 24.4 Å². The van der Waals surface area contributed by atoms with Crippen LogP contribution in [0.2, 0.25) is 0 Å². The molecule has 0 saturated carbocycles. The van der Waals surface area contributed by atoms with Gasteiger partial charge in [-0.3, -0.25) is 9.88 Å². The number of rotatable bonds is 1. The minimum absolute atomic E-state index is 0.590. The zero-order valence-electron chi connectivity index (χ0n) is 7.33. The van der Waals surface area contributed by atoms with Crippen LogP contribution in [-0.2, 0) is 0 Å². The van der Waals surface area contributed by atoms with E-state index in [2.05, 4.69) is 29.2 Å². The molecule has 2 heteroatoms. The first-order valence-corrected chi connectivity index (χ1v) is 4.40. The molecule has 1 aliphatic heterocycles. The maximum atomic E-state index is 4.01. The summed E-state index contributed by atoms with van der Waals surface area (Å²) in [4.78, 5) is 6.40. The largest absolute Gasteiger partial charge is 0.299 e. The van der Waals surface area contributed by atoms with E-state index >= 15 is 0 Å². The molecule has 63 valence electrons. The molecule has 1 saturated heterocycles. The lowest BCUT2D eigenvalue weighted by atomic mass is 10.1. The quantitative estimate of drug-likeness (QED) is 0.622. The maximum Gasteiger partial charge on any atom is 0.0886 e. The summed E-state index contributed by atoms with van der Waals surface area (Å²) in [6.45, 7) is 1.21. The van der Waals surface area contributed by atoms with Crippen LogP contribution in [-0.4, -0.2) is 23.5 Å². The van der Waals surface area contributed by atoms with E-state index in [4.69, 9.17) is 0 Å². The van der Waals surface area contributed by atoms with Crippen molar-refractivity contribution >= 4 is 0 Å². The zero-order valence-corrected chi connectivity index (χ0v) is 7.33. The van der Waals surface area contributed by atoms with Crippen LogP contribution in [0.15, 0.2) is 18.3 Å². The van der Waals surface area contributed by atoms with E-state index in [-0.39, 0.29) is 0 Å². The molecular weight excluding hydrogens is 148 g/mol. The third-order valence-electron chi connectivity index (χ3n) is 2.54. The summed E-state index contributed by atoms with van der Waals surface area (Å²) in [5, 5.41) is 0. The Morgan fingerprint density at radius 3 is 3.17 bits per heavy atom. The highest BCUT2D eigenvalue weighted by Gasteiger charge is 2.21. The van der Waals surface area contributed by atoms with Crippen molar-refractivity contribution in [2.45, 2.75) is 18.9 Å². The molecule has 0 spiro atoms. The van der Waals surface area contributed by atoms with Crippen molar-refractivity contribution in [3.63, 3.8) is 0 Å². The van der Waals surface area contributed by atoms with Gasteiger partial charge in [-0.15, -0.1) is 0 Å². The SMILES string of the molecule is CN1CCCC1c1cc[c]nc1. The van der Waals surface area contributed by atoms with Gasteiger partial charge in [0.05, 0.1) is 6.20 Å². The van der Waals surface area contributed by atoms with E-state index < -0.39 is 0 Å². The van der Waals surface area contributed by atoms with Gasteiger partial charge >= 0.3 is 0 Å². The topological polar surface area (TPSA) is 16.1 Å². The van der Waals surface area contributed by atoms with Gasteiger partial charge in [0.15, 0.2) is 0 Å². The van der Waals surface area contributed by atoms with Crippen molar-refractivity contribution in [3.8, 4) is 0 Å². The Morgan fingerprint density at radius 2 is 2.58 bits per heavy atom. The molecule has 2 nitrogen and oxygen atoms in total. The fourth-order valence-electron chi connectivity index (χ4n) is 1.86. The Hall–Kier alpha value is -0.890. The number of hydrogen-bond acceptors (Lipinski definition) is 2. The van der Waals surface area contributed by atoms with Crippen molar-refractivity contribution < 1.29 is 0 Å². The van der Waals surface area contributed by atoms with Gasteiger partial charge in [0.1, 0.15) is 0 Å². The highest BCUT2D eigenvalue weighted by Crippen LogP contribution is 2.29. The first-order valence-electron chi connectivity index (χ1n) is 4.40. The second-order valence-corrected chi connectivity index (χ2v) is 3.36. The Labute approximate surface area is 73.2 Å². The molecule has 0 aliphatic carbocycles. The molecule has 0 bridgehead atoms. The van der Waals surface area contributed by atoms with Crippen molar-refractivity contribution in [2.24, 2.45) is 0 Å². The van der Waals surface area contributed by atoms with E-state index in [1.54, 1.807) is 0 Å². The van der Waals surface area contributed by atoms with Gasteiger partial charge in [-0.1, -0.05) is 6.07 Å². The molecule has 2 rings (SSSR count). The molecule has 0 amide bonds. The number of hydrogen-bond donors (Lipinski definition) is 0. The van der Waals surface area contributed by atoms with Gasteiger partial charge in [-0.05, 0) is 38.1 Å². The predicted molar refractivity (Wildman–Crippen MR) is 47.7 cm³/mol. The third-order valence-corrected chi connectivity index (χ3v) is 2.54. The van der Waals surface area contributed by atoms with E-state index in [9.17, 15) is 0 Å². The minimum Gasteiger partial charge on any atom is -0.299 e. The van der Waals surface area contributed by atoms with Crippen LogP contribution in [0, 0.1) is 6.20 Å². The summed E-state index contributed by atoms with van der Waals surface area (Å²) in [7, 11) is 2.17. The first-order chi connectivity index (χ1) is 5.88. The van der Waals surface area contributed by atoms with Gasteiger partial charge in [0.2, 0.25) is 0 Å². The van der Waals surface area contributed by atoms with Crippen LogP contribution >= 0.6 is 0 Å². The fraction of sp³-hybridized carbons (Fsp3) is 0.500. The van der Waals surface area contributed by atoms with E-state index in [1.165, 1.54) is 24.9 Å². The van der Waals surface area contributed by atoms with Crippen LogP contribution in [0.5, 0.6) is 0 Å². The highest BCUT2D eigenvalue weighted by atomic mass is 15.1. The maximum absolute atomic E-state index is 4.01. The first kappa shape index (κ1) is 7.74. The second kappa shape index (κ2) is 3.23. The van der Waals surface area contributed by atoms with Crippen LogP contribution < -0.4 is 0 Å². The molecule has 0 aromatic carbocycles. The zero-order chi connectivity index (χ0) is 8.39. The van der Waals surface area contributed by atoms with Crippen LogP contribution in [0.3, 0.4) is 0 Å². The van der Waals surface area contributed by atoms with Gasteiger partial charge in [-0.2, -0.15) is 0 Å². The Morgan fingerprint density at radius 1 is 1.67 bits per heavy atom. The smallest absolute Gasteiger partial charge is 0.0886 e. The molecule has 0 N–H and O–H groups in total. The Kier molecular flexibility index (Phi) is 2.09. The van der Waals surface area contributed by atoms with Gasteiger partial charge in [0.25, 0.3) is 0 Å². The standard InChI is InChI=1S/C10H13N2/c1-12-7-3-5-10(12)9-4-2-6-11-8-9/h2,4,8,10H,3,5,7H2,1H3. The van der Waals surface area contributed by atoms with Crippen LogP contribution in [0.25, 0.3) is 0 Å². The summed E-state index contributed by atoms with van der Waals surface area (Å²) in [6.07, 6.45) is 7.30. The van der Waals surface area contributed by atoms with Crippen molar-refractivity contribution in [1.29, 1.82) is 0 Å². The molecule has 1 radical (unpaired) electrons. The molecule has 1 unspecified atom stereocenters. The molecule has 1 atom stereocenters. The lowest BCUT2D eigenvalue weighted by molar-refractivity contribution is 0.317. The summed E-state index contributed by atoms with van der Waals surface area (Å²) >= 11 is 0. The average Bonchev–Trinajstić information content (AvgIpc) is 2.53. The van der Waals surface area contributed by atoms with E-state index in [0.29, 0.717) is 6.04 Å². The van der Waals surface area contributed by atoms with E-state index in [1.807, 2.05) is 12.3 Å². The molecule has 1 aromatic rings. The Balaban J connectivity index is 2.19. The number of pyridine rings is 1. The predicted octanol–water partition coefficient (Wildman–Crippen LogP) is 1.65. The molecule has 1 fully saturated rings. The van der Waals surface area contributed by atoms with Crippen LogP contribution in [0.4, 0.5) is 0 Å². The molecule has 12 heavy (non-hydrogen) atoms. The monoisotopic (exact) mass is 161 g/mol. The lowest BCUT2D eigenvalue weighted by Gasteiger charge is -2.18. The van der Waals surface area contributed by atoms with Crippen molar-refractivity contribution in [1.82, 2.24) is 9.88 Å². The highest BCUT2D eigenvalue weighted by molar-refractivity contribution is 5.14. The molecule has 1 aromatic heterocycles. The van der Waals surface area contributed by atoms with Gasteiger partial charge in [0, 0.05) is 12.2 Å². The van der Waals surface area contributed by atoms with Crippen molar-refractivity contribution in [3.05, 3.63) is 30.1 Å². The van der Waals surface area contributed by atoms with E-state index in [0.717, 1.165) is 0 Å². The normalized spacial score (nSPS) is 24.6. The summed E-state index contributed by atoms with van der Waals surface area (Å²) in [6, 6.07) is 4.59. The number of aromatic nitrogens is 1. The van der Waals surface area contributed by atoms with Crippen molar-refractivity contribution in [2.75, 3.05) is 13.6 Å². The summed E-state index contributed by atoms with van der Waals surface area (Å²) in [5.41, 5.74) is 1.33. The molecule has 2 heterocycles. The number of likely N-dealkylation sites (tertiary alicyclic amines) is 1. The third kappa shape index (κ3) is 1.34. The van der Waals surface area contributed by atoms with Gasteiger partial charge in [-0.25, -0.2) is 0 Å². The Bertz CT molecular complexity index is 245. The van der Waals surface area contributed by atoms with Gasteiger partial charge < -0.3 is 0 Å². The second-order valence-electron chi connectivity index (χ2n) is 3.36. The molecular formula is C10H13N2. The molecule has 1 aliphatic rings. The fourth-order valence-corrected chi connectivity index (χ4v) is 1.86. The average molecular weight is 161 g/mol. The lowest BCUT2D eigenvalue weighted by Crippen LogP contribution is -2.17.